The highest BCUT2D eigenvalue weighted by Gasteiger charge is 2.33. The molecular weight excluding hydrogens is 404 g/mol. The van der Waals surface area contributed by atoms with E-state index in [1.54, 1.807) is 12.1 Å². The van der Waals surface area contributed by atoms with Crippen molar-refractivity contribution in [3.05, 3.63) is 58.7 Å². The van der Waals surface area contributed by atoms with Gasteiger partial charge in [-0.25, -0.2) is 0 Å². The van der Waals surface area contributed by atoms with Crippen molar-refractivity contribution in [1.82, 2.24) is 0 Å². The molecular formula is C31H46O2. The van der Waals surface area contributed by atoms with Gasteiger partial charge in [0, 0.05) is 22.6 Å². The molecule has 0 saturated heterocycles. The van der Waals surface area contributed by atoms with Gasteiger partial charge in [-0.1, -0.05) is 122 Å². The number of fused-ring (bicyclic) bond motifs is 1. The predicted octanol–water partition coefficient (Wildman–Crippen LogP) is 9.01. The number of carbonyl (C=O) groups is 2. The second-order valence-corrected chi connectivity index (χ2v) is 11.0. The summed E-state index contributed by atoms with van der Waals surface area (Å²) in [5, 5.41) is 0. The lowest BCUT2D eigenvalue weighted by atomic mass is 9.79. The molecule has 0 amide bonds. The maximum Gasteiger partial charge on any atom is 0.190 e. The third kappa shape index (κ3) is 8.72. The Balaban J connectivity index is 1.74. The lowest BCUT2D eigenvalue weighted by Crippen LogP contribution is -2.27. The Hall–Kier alpha value is -1.96. The smallest absolute Gasteiger partial charge is 0.190 e. The number of hydrogen-bond acceptors (Lipinski definition) is 2. The van der Waals surface area contributed by atoms with Crippen molar-refractivity contribution in [3.8, 4) is 0 Å². The Kier molecular flexibility index (Phi) is 11.3. The van der Waals surface area contributed by atoms with Crippen molar-refractivity contribution in [2.75, 3.05) is 0 Å². The number of rotatable bonds is 13. The van der Waals surface area contributed by atoms with E-state index < -0.39 is 0 Å². The minimum absolute atomic E-state index is 0.00573. The van der Waals surface area contributed by atoms with E-state index in [-0.39, 0.29) is 17.5 Å². The van der Waals surface area contributed by atoms with Crippen LogP contribution in [0.25, 0.3) is 0 Å². The van der Waals surface area contributed by atoms with E-state index in [0.717, 1.165) is 24.2 Å². The Morgan fingerprint density at radius 1 is 0.848 bits per heavy atom. The fourth-order valence-electron chi connectivity index (χ4n) is 4.87. The normalized spacial score (nSPS) is 19.8. The van der Waals surface area contributed by atoms with E-state index in [1.165, 1.54) is 56.9 Å². The Bertz CT molecular complexity index is 842. The highest BCUT2D eigenvalue weighted by Crippen LogP contribution is 2.30. The van der Waals surface area contributed by atoms with Gasteiger partial charge in [0.1, 0.15) is 0 Å². The molecule has 0 heterocycles. The van der Waals surface area contributed by atoms with Crippen molar-refractivity contribution in [2.45, 2.75) is 99.3 Å². The predicted molar refractivity (Wildman–Crippen MR) is 141 cm³/mol. The van der Waals surface area contributed by atoms with Gasteiger partial charge in [0.15, 0.2) is 11.6 Å². The maximum absolute atomic E-state index is 12.9. The van der Waals surface area contributed by atoms with Gasteiger partial charge in [0.25, 0.3) is 0 Å². The summed E-state index contributed by atoms with van der Waals surface area (Å²) in [7, 11) is 0. The van der Waals surface area contributed by atoms with Crippen LogP contribution in [0, 0.1) is 23.7 Å². The number of hydrogen-bond donors (Lipinski definition) is 0. The summed E-state index contributed by atoms with van der Waals surface area (Å²) < 4.78 is 0. The van der Waals surface area contributed by atoms with Crippen molar-refractivity contribution in [2.24, 2.45) is 23.7 Å². The molecule has 1 aliphatic rings. The van der Waals surface area contributed by atoms with Crippen LogP contribution in [0.2, 0.25) is 0 Å². The molecule has 1 aromatic carbocycles. The average Bonchev–Trinajstić information content (AvgIpc) is 2.77. The molecule has 2 heteroatoms. The Labute approximate surface area is 202 Å². The molecule has 2 rings (SSSR count). The van der Waals surface area contributed by atoms with Crippen LogP contribution < -0.4 is 0 Å². The maximum atomic E-state index is 12.9. The summed E-state index contributed by atoms with van der Waals surface area (Å²) in [5.41, 5.74) is 3.00. The zero-order valence-corrected chi connectivity index (χ0v) is 22.0. The van der Waals surface area contributed by atoms with Crippen LogP contribution in [0.3, 0.4) is 0 Å². The van der Waals surface area contributed by atoms with Crippen molar-refractivity contribution < 1.29 is 9.59 Å². The first kappa shape index (κ1) is 27.3. The minimum atomic E-state index is -0.371. The summed E-state index contributed by atoms with van der Waals surface area (Å²) in [6, 6.07) is 7.18. The van der Waals surface area contributed by atoms with E-state index >= 15 is 0 Å². The van der Waals surface area contributed by atoms with Gasteiger partial charge in [-0.3, -0.25) is 9.59 Å². The lowest BCUT2D eigenvalue weighted by molar-refractivity contribution is 0.0891. The van der Waals surface area contributed by atoms with E-state index in [9.17, 15) is 9.59 Å². The van der Waals surface area contributed by atoms with Crippen molar-refractivity contribution >= 4 is 11.6 Å². The van der Waals surface area contributed by atoms with Crippen molar-refractivity contribution in [1.29, 1.82) is 0 Å². The lowest BCUT2D eigenvalue weighted by Gasteiger charge is -2.22. The molecule has 1 aliphatic carbocycles. The van der Waals surface area contributed by atoms with Crippen LogP contribution in [-0.2, 0) is 0 Å². The first-order valence-corrected chi connectivity index (χ1v) is 13.3. The number of benzene rings is 1. The van der Waals surface area contributed by atoms with E-state index in [0.29, 0.717) is 16.7 Å². The highest BCUT2D eigenvalue weighted by molar-refractivity contribution is 6.23. The van der Waals surface area contributed by atoms with E-state index in [4.69, 9.17) is 0 Å². The summed E-state index contributed by atoms with van der Waals surface area (Å²) in [6.07, 6.45) is 15.6. The average molecular weight is 451 g/mol. The molecule has 0 saturated carbocycles. The fraction of sp³-hybridized carbons (Fsp3) is 0.613. The molecule has 0 bridgehead atoms. The second-order valence-electron chi connectivity index (χ2n) is 11.0. The molecule has 33 heavy (non-hydrogen) atoms. The molecule has 3 atom stereocenters. The van der Waals surface area contributed by atoms with Crippen LogP contribution >= 0.6 is 0 Å². The van der Waals surface area contributed by atoms with Crippen LogP contribution in [0.5, 0.6) is 0 Å². The number of carbonyl (C=O) groups excluding carboxylic acids is 2. The van der Waals surface area contributed by atoms with Crippen LogP contribution in [-0.4, -0.2) is 11.6 Å². The van der Waals surface area contributed by atoms with Gasteiger partial charge in [-0.05, 0) is 37.5 Å². The topological polar surface area (TPSA) is 34.1 Å². The first-order chi connectivity index (χ1) is 15.7. The summed E-state index contributed by atoms with van der Waals surface area (Å²) in [5.74, 6) is 2.13. The third-order valence-corrected chi connectivity index (χ3v) is 7.25. The molecule has 1 unspecified atom stereocenters. The molecule has 0 aromatic heterocycles. The molecule has 1 aromatic rings. The molecule has 0 N–H and O–H groups in total. The first-order valence-electron chi connectivity index (χ1n) is 13.3. The van der Waals surface area contributed by atoms with E-state index in [1.807, 2.05) is 25.1 Å². The van der Waals surface area contributed by atoms with Gasteiger partial charge >= 0.3 is 0 Å². The molecule has 0 spiro atoms. The standard InChI is InChI=1S/C31H46O2/c1-22(2)12-9-13-23(3)14-10-15-24(4)16-11-17-25(5)20-21-27-26(6)30(32)28-18-7-8-19-29(28)31(27)33/h7-8,18-24,26H,9-17H2,1-6H3/b25-20+,27-21+/t23-,24-,26?/m1/s1. The number of ketones is 2. The Morgan fingerprint density at radius 3 is 2.00 bits per heavy atom. The summed E-state index contributed by atoms with van der Waals surface area (Å²) >= 11 is 0. The summed E-state index contributed by atoms with van der Waals surface area (Å²) in [4.78, 5) is 25.5. The van der Waals surface area contributed by atoms with Gasteiger partial charge in [-0.15, -0.1) is 0 Å². The molecule has 0 radical (unpaired) electrons. The zero-order valence-electron chi connectivity index (χ0n) is 22.0. The minimum Gasteiger partial charge on any atom is -0.293 e. The number of Topliss-reactive ketones (excluding diaryl/α,β-unsaturated/α-hetero) is 2. The third-order valence-electron chi connectivity index (χ3n) is 7.25. The molecule has 0 fully saturated rings. The van der Waals surface area contributed by atoms with Gasteiger partial charge < -0.3 is 0 Å². The zero-order chi connectivity index (χ0) is 24.4. The van der Waals surface area contributed by atoms with E-state index in [2.05, 4.69) is 40.7 Å². The van der Waals surface area contributed by atoms with Gasteiger partial charge in [-0.2, -0.15) is 0 Å². The van der Waals surface area contributed by atoms with Gasteiger partial charge in [0.2, 0.25) is 0 Å². The second kappa shape index (κ2) is 13.7. The van der Waals surface area contributed by atoms with Crippen LogP contribution in [0.4, 0.5) is 0 Å². The number of allylic oxidation sites excluding steroid dienone is 4. The largest absolute Gasteiger partial charge is 0.293 e. The monoisotopic (exact) mass is 450 g/mol. The van der Waals surface area contributed by atoms with Crippen LogP contribution in [0.15, 0.2) is 47.6 Å². The fourth-order valence-corrected chi connectivity index (χ4v) is 4.87. The van der Waals surface area contributed by atoms with Crippen LogP contribution in [0.1, 0.15) is 120 Å². The molecule has 0 aliphatic heterocycles. The SMILES string of the molecule is C/C(=C\C=C1\C(=O)c2ccccc2C(=O)C1C)CCC[C@H](C)CCC[C@H](C)CCCC(C)C. The van der Waals surface area contributed by atoms with Gasteiger partial charge in [0.05, 0.1) is 0 Å². The molecule has 182 valence electrons. The summed E-state index contributed by atoms with van der Waals surface area (Å²) in [6.45, 7) is 13.4. The highest BCUT2D eigenvalue weighted by atomic mass is 16.1. The molecule has 2 nitrogen and oxygen atoms in total. The Morgan fingerprint density at radius 2 is 1.39 bits per heavy atom. The van der Waals surface area contributed by atoms with Crippen molar-refractivity contribution in [3.63, 3.8) is 0 Å². The quantitative estimate of drug-likeness (QED) is 0.281.